The molecule has 0 heterocycles. The van der Waals surface area contributed by atoms with Crippen molar-refractivity contribution in [1.29, 1.82) is 0 Å². The lowest BCUT2D eigenvalue weighted by atomic mass is 10.2. The molecular weight excluding hydrogens is 112 g/mol. The monoisotopic (exact) mass is 126 g/mol. The molecule has 0 unspecified atom stereocenters. The molecule has 0 radical (unpaired) electrons. The minimum atomic E-state index is 0.546. The van der Waals surface area contributed by atoms with Crippen LogP contribution in [0.5, 0.6) is 0 Å². The van der Waals surface area contributed by atoms with Crippen molar-refractivity contribution in [3.05, 3.63) is 24.7 Å². The van der Waals surface area contributed by atoms with Crippen LogP contribution in [0.2, 0.25) is 0 Å². The highest BCUT2D eigenvalue weighted by molar-refractivity contribution is 4.91. The summed E-state index contributed by atoms with van der Waals surface area (Å²) in [6.45, 7) is 9.58. The highest BCUT2D eigenvalue weighted by Crippen LogP contribution is 2.02. The highest BCUT2D eigenvalue weighted by atomic mass is 16.5. The number of hydrogen-bond acceptors (Lipinski definition) is 1. The summed E-state index contributed by atoms with van der Waals surface area (Å²) in [5.41, 5.74) is 0. The van der Waals surface area contributed by atoms with Gasteiger partial charge in [0.05, 0.1) is 12.0 Å². The number of ether oxygens (including phenoxy) is 1. The molecule has 0 amide bonds. The van der Waals surface area contributed by atoms with E-state index in [2.05, 4.69) is 20.4 Å². The standard InChI is InChI=1S/C8H14O/c1-5-9-8(4)6-7(2)3/h5-7H,1H2,2-4H3. The van der Waals surface area contributed by atoms with Gasteiger partial charge in [-0.2, -0.15) is 0 Å². The van der Waals surface area contributed by atoms with Gasteiger partial charge in [-0.1, -0.05) is 20.4 Å². The van der Waals surface area contributed by atoms with E-state index in [1.165, 1.54) is 6.26 Å². The summed E-state index contributed by atoms with van der Waals surface area (Å²) in [4.78, 5) is 0. The fourth-order valence-electron chi connectivity index (χ4n) is 0.640. The Bertz CT molecular complexity index is 112. The lowest BCUT2D eigenvalue weighted by Gasteiger charge is -1.99. The zero-order valence-corrected chi connectivity index (χ0v) is 6.35. The first-order valence-corrected chi connectivity index (χ1v) is 3.12. The van der Waals surface area contributed by atoms with Crippen LogP contribution >= 0.6 is 0 Å². The molecular formula is C8H14O. The summed E-state index contributed by atoms with van der Waals surface area (Å²) < 4.78 is 4.98. The summed E-state index contributed by atoms with van der Waals surface area (Å²) in [5, 5.41) is 0. The van der Waals surface area contributed by atoms with Gasteiger partial charge in [-0.15, -0.1) is 0 Å². The second-order valence-corrected chi connectivity index (χ2v) is 2.31. The van der Waals surface area contributed by atoms with Crippen molar-refractivity contribution in [2.75, 3.05) is 0 Å². The molecule has 0 aliphatic carbocycles. The van der Waals surface area contributed by atoms with Gasteiger partial charge in [0.2, 0.25) is 0 Å². The van der Waals surface area contributed by atoms with Gasteiger partial charge in [-0.3, -0.25) is 0 Å². The minimum Gasteiger partial charge on any atom is -0.471 e. The number of allylic oxidation sites excluding steroid dienone is 2. The summed E-state index contributed by atoms with van der Waals surface area (Å²) in [5.74, 6) is 1.46. The molecule has 0 aromatic heterocycles. The topological polar surface area (TPSA) is 9.23 Å². The Kier molecular flexibility index (Phi) is 3.85. The molecule has 0 saturated carbocycles. The second kappa shape index (κ2) is 4.19. The van der Waals surface area contributed by atoms with Crippen LogP contribution in [-0.2, 0) is 4.74 Å². The lowest BCUT2D eigenvalue weighted by Crippen LogP contribution is -1.83. The van der Waals surface area contributed by atoms with Gasteiger partial charge < -0.3 is 4.74 Å². The van der Waals surface area contributed by atoms with E-state index in [4.69, 9.17) is 4.74 Å². The van der Waals surface area contributed by atoms with Crippen LogP contribution in [0.25, 0.3) is 0 Å². The first-order chi connectivity index (χ1) is 4.16. The predicted molar refractivity (Wildman–Crippen MR) is 39.9 cm³/mol. The van der Waals surface area contributed by atoms with Crippen molar-refractivity contribution < 1.29 is 4.74 Å². The van der Waals surface area contributed by atoms with Crippen molar-refractivity contribution in [1.82, 2.24) is 0 Å². The Balaban J connectivity index is 3.68. The van der Waals surface area contributed by atoms with Crippen LogP contribution < -0.4 is 0 Å². The fourth-order valence-corrected chi connectivity index (χ4v) is 0.640. The van der Waals surface area contributed by atoms with Crippen molar-refractivity contribution in [2.24, 2.45) is 5.92 Å². The maximum absolute atomic E-state index is 4.98. The van der Waals surface area contributed by atoms with Crippen molar-refractivity contribution in [2.45, 2.75) is 20.8 Å². The van der Waals surface area contributed by atoms with Crippen molar-refractivity contribution >= 4 is 0 Å². The minimum absolute atomic E-state index is 0.546. The molecule has 52 valence electrons. The van der Waals surface area contributed by atoms with Gasteiger partial charge in [0, 0.05) is 0 Å². The fraction of sp³-hybridized carbons (Fsp3) is 0.500. The average Bonchev–Trinajstić information content (AvgIpc) is 1.63. The molecule has 1 nitrogen and oxygen atoms in total. The Morgan fingerprint density at radius 2 is 2.11 bits per heavy atom. The van der Waals surface area contributed by atoms with Gasteiger partial charge in [0.15, 0.2) is 0 Å². The van der Waals surface area contributed by atoms with Crippen molar-refractivity contribution in [3.63, 3.8) is 0 Å². The maximum atomic E-state index is 4.98. The Labute approximate surface area is 57.0 Å². The Morgan fingerprint density at radius 3 is 2.44 bits per heavy atom. The second-order valence-electron chi connectivity index (χ2n) is 2.31. The van der Waals surface area contributed by atoms with E-state index in [1.807, 2.05) is 13.0 Å². The molecule has 0 saturated heterocycles. The van der Waals surface area contributed by atoms with Crippen LogP contribution in [0.15, 0.2) is 24.7 Å². The number of hydrogen-bond donors (Lipinski definition) is 0. The first kappa shape index (κ1) is 8.28. The molecule has 0 rings (SSSR count). The molecule has 0 fully saturated rings. The molecule has 0 aliphatic heterocycles. The highest BCUT2D eigenvalue weighted by Gasteiger charge is 1.88. The Hall–Kier alpha value is -0.720. The smallest absolute Gasteiger partial charge is 0.0963 e. The third-order valence-electron chi connectivity index (χ3n) is 0.837. The predicted octanol–water partition coefficient (Wildman–Crippen LogP) is 2.71. The largest absolute Gasteiger partial charge is 0.471 e. The van der Waals surface area contributed by atoms with Crippen molar-refractivity contribution in [3.8, 4) is 0 Å². The Morgan fingerprint density at radius 1 is 1.56 bits per heavy atom. The van der Waals surface area contributed by atoms with Gasteiger partial charge in [0.25, 0.3) is 0 Å². The molecule has 0 bridgehead atoms. The van der Waals surface area contributed by atoms with Gasteiger partial charge in [-0.05, 0) is 18.9 Å². The summed E-state index contributed by atoms with van der Waals surface area (Å²) in [6, 6.07) is 0. The lowest BCUT2D eigenvalue weighted by molar-refractivity contribution is 0.350. The number of rotatable bonds is 3. The normalized spacial score (nSPS) is 11.8. The molecule has 0 aromatic rings. The van der Waals surface area contributed by atoms with Crippen LogP contribution in [-0.4, -0.2) is 0 Å². The van der Waals surface area contributed by atoms with E-state index in [-0.39, 0.29) is 0 Å². The average molecular weight is 126 g/mol. The zero-order valence-electron chi connectivity index (χ0n) is 6.35. The van der Waals surface area contributed by atoms with Gasteiger partial charge in [-0.25, -0.2) is 0 Å². The van der Waals surface area contributed by atoms with Crippen LogP contribution in [0, 0.1) is 5.92 Å². The third kappa shape index (κ3) is 5.15. The summed E-state index contributed by atoms with van der Waals surface area (Å²) in [6.07, 6.45) is 3.48. The zero-order chi connectivity index (χ0) is 7.28. The van der Waals surface area contributed by atoms with E-state index in [0.717, 1.165) is 5.76 Å². The van der Waals surface area contributed by atoms with E-state index in [9.17, 15) is 0 Å². The quantitative estimate of drug-likeness (QED) is 0.528. The van der Waals surface area contributed by atoms with E-state index in [1.54, 1.807) is 0 Å². The molecule has 0 aromatic carbocycles. The molecule has 1 heteroatoms. The van der Waals surface area contributed by atoms with Gasteiger partial charge in [0.1, 0.15) is 0 Å². The van der Waals surface area contributed by atoms with E-state index >= 15 is 0 Å². The molecule has 0 N–H and O–H groups in total. The first-order valence-electron chi connectivity index (χ1n) is 3.12. The molecule has 9 heavy (non-hydrogen) atoms. The SMILES string of the molecule is C=COC(C)=CC(C)C. The summed E-state index contributed by atoms with van der Waals surface area (Å²) >= 11 is 0. The van der Waals surface area contributed by atoms with Crippen LogP contribution in [0.4, 0.5) is 0 Å². The maximum Gasteiger partial charge on any atom is 0.0963 e. The van der Waals surface area contributed by atoms with Crippen LogP contribution in [0.1, 0.15) is 20.8 Å². The molecule has 0 spiro atoms. The van der Waals surface area contributed by atoms with Crippen LogP contribution in [0.3, 0.4) is 0 Å². The molecule has 0 atom stereocenters. The van der Waals surface area contributed by atoms with E-state index in [0.29, 0.717) is 5.92 Å². The molecule has 0 aliphatic rings. The van der Waals surface area contributed by atoms with Gasteiger partial charge >= 0.3 is 0 Å². The van der Waals surface area contributed by atoms with E-state index < -0.39 is 0 Å². The summed E-state index contributed by atoms with van der Waals surface area (Å²) in [7, 11) is 0. The third-order valence-corrected chi connectivity index (χ3v) is 0.837.